The minimum atomic E-state index is -0.251. The third-order valence-electron chi connectivity index (χ3n) is 5.93. The van der Waals surface area contributed by atoms with Crippen LogP contribution in [0.15, 0.2) is 64.0 Å². The summed E-state index contributed by atoms with van der Waals surface area (Å²) in [4.78, 5) is 28.6. The summed E-state index contributed by atoms with van der Waals surface area (Å²) in [5, 5.41) is 0. The van der Waals surface area contributed by atoms with Gasteiger partial charge in [0.1, 0.15) is 24.4 Å². The largest absolute Gasteiger partial charge is 0.482 e. The fourth-order valence-electron chi connectivity index (χ4n) is 4.00. The minimum absolute atomic E-state index is 0.0474. The summed E-state index contributed by atoms with van der Waals surface area (Å²) < 4.78 is 24.7. The van der Waals surface area contributed by atoms with Gasteiger partial charge in [0, 0.05) is 37.8 Å². The molecule has 0 aliphatic carbocycles. The van der Waals surface area contributed by atoms with E-state index in [2.05, 4.69) is 4.90 Å². The van der Waals surface area contributed by atoms with Crippen molar-refractivity contribution in [3.63, 3.8) is 0 Å². The summed E-state index contributed by atoms with van der Waals surface area (Å²) in [6.45, 7) is 3.60. The van der Waals surface area contributed by atoms with E-state index in [9.17, 15) is 14.0 Å². The second kappa shape index (κ2) is 8.59. The third-order valence-corrected chi connectivity index (χ3v) is 5.93. The number of benzene rings is 2. The first-order valence-corrected chi connectivity index (χ1v) is 10.7. The molecule has 6 nitrogen and oxygen atoms in total. The Morgan fingerprint density at radius 2 is 1.81 bits per heavy atom. The summed E-state index contributed by atoms with van der Waals surface area (Å²) in [6.07, 6.45) is 2.40. The van der Waals surface area contributed by atoms with Crippen molar-refractivity contribution in [2.45, 2.75) is 32.7 Å². The first kappa shape index (κ1) is 20.5. The van der Waals surface area contributed by atoms with Crippen molar-refractivity contribution in [1.82, 2.24) is 9.80 Å². The number of nitrogens with zero attached hydrogens (tertiary/aromatic N) is 2. The van der Waals surface area contributed by atoms with Gasteiger partial charge in [-0.15, -0.1) is 0 Å². The lowest BCUT2D eigenvalue weighted by atomic mass is 10.1. The van der Waals surface area contributed by atoms with Gasteiger partial charge in [-0.25, -0.2) is 4.39 Å². The minimum Gasteiger partial charge on any atom is -0.482 e. The zero-order valence-electron chi connectivity index (χ0n) is 17.6. The molecular formula is C25H23FN2O4. The third kappa shape index (κ3) is 4.29. The normalized spacial score (nSPS) is 15.3. The molecule has 2 aliphatic rings. The van der Waals surface area contributed by atoms with E-state index >= 15 is 0 Å². The van der Waals surface area contributed by atoms with Crippen LogP contribution in [0, 0.1) is 5.82 Å². The van der Waals surface area contributed by atoms with Gasteiger partial charge in [0.2, 0.25) is 11.2 Å². The average Bonchev–Trinajstić information content (AvgIpc) is 3.13. The number of ether oxygens (including phenoxy) is 1. The molecule has 1 saturated heterocycles. The smallest absolute Gasteiger partial charge is 0.253 e. The van der Waals surface area contributed by atoms with Gasteiger partial charge in [0.25, 0.3) is 5.91 Å². The predicted octanol–water partition coefficient (Wildman–Crippen LogP) is 3.72. The quantitative estimate of drug-likeness (QED) is 0.592. The van der Waals surface area contributed by atoms with Gasteiger partial charge in [-0.3, -0.25) is 14.5 Å². The Kier molecular flexibility index (Phi) is 5.49. The van der Waals surface area contributed by atoms with Crippen LogP contribution in [-0.4, -0.2) is 28.8 Å². The molecule has 0 unspecified atom stereocenters. The van der Waals surface area contributed by atoms with E-state index in [4.69, 9.17) is 9.15 Å². The zero-order chi connectivity index (χ0) is 22.1. The van der Waals surface area contributed by atoms with Gasteiger partial charge in [-0.05, 0) is 47.4 Å². The maximum Gasteiger partial charge on any atom is 0.253 e. The van der Waals surface area contributed by atoms with Gasteiger partial charge in [0.15, 0.2) is 0 Å². The number of carbonyl (C=O) groups excluding carboxylic acids is 1. The Labute approximate surface area is 184 Å². The number of rotatable bonds is 6. The van der Waals surface area contributed by atoms with Crippen molar-refractivity contribution in [2.24, 2.45) is 0 Å². The van der Waals surface area contributed by atoms with E-state index < -0.39 is 0 Å². The molecule has 2 aromatic carbocycles. The van der Waals surface area contributed by atoms with E-state index in [1.807, 2.05) is 17.0 Å². The first-order chi connectivity index (χ1) is 15.5. The molecule has 0 radical (unpaired) electrons. The molecule has 0 saturated carbocycles. The van der Waals surface area contributed by atoms with E-state index in [1.54, 1.807) is 24.3 Å². The Bertz CT molecular complexity index is 1200. The number of fused-ring (bicyclic) bond motifs is 1. The number of amides is 1. The Hall–Kier alpha value is -3.45. The van der Waals surface area contributed by atoms with Crippen LogP contribution in [0.2, 0.25) is 0 Å². The molecule has 0 bridgehead atoms. The molecular weight excluding hydrogens is 411 g/mol. The summed E-state index contributed by atoms with van der Waals surface area (Å²) in [5.41, 5.74) is 3.31. The van der Waals surface area contributed by atoms with Gasteiger partial charge in [-0.2, -0.15) is 0 Å². The average molecular weight is 434 g/mol. The van der Waals surface area contributed by atoms with Crippen molar-refractivity contribution in [3.8, 4) is 5.75 Å². The van der Waals surface area contributed by atoms with Crippen molar-refractivity contribution >= 4 is 5.91 Å². The van der Waals surface area contributed by atoms with Crippen molar-refractivity contribution < 1.29 is 18.3 Å². The highest BCUT2D eigenvalue weighted by Crippen LogP contribution is 2.25. The van der Waals surface area contributed by atoms with E-state index in [-0.39, 0.29) is 29.5 Å². The molecule has 7 heteroatoms. The number of likely N-dealkylation sites (tertiary alicyclic amines) is 1. The standard InChI is InChI=1S/C25H23FN2O4/c26-21-7-6-19-12-27(13-20(19)10-21)14-22-11-23(29)24(16-31-22)32-15-17-2-4-18(5-3-17)25(30)28-8-1-9-28/h2-7,10-11,16H,1,8-9,12-15H2. The van der Waals surface area contributed by atoms with E-state index in [0.717, 1.165) is 36.2 Å². The molecule has 32 heavy (non-hydrogen) atoms. The fourth-order valence-corrected chi connectivity index (χ4v) is 4.00. The summed E-state index contributed by atoms with van der Waals surface area (Å²) >= 11 is 0. The fraction of sp³-hybridized carbons (Fsp3) is 0.280. The van der Waals surface area contributed by atoms with Crippen LogP contribution in [0.1, 0.15) is 39.2 Å². The van der Waals surface area contributed by atoms with Crippen molar-refractivity contribution in [1.29, 1.82) is 0 Å². The zero-order valence-corrected chi connectivity index (χ0v) is 17.6. The van der Waals surface area contributed by atoms with Crippen LogP contribution in [0.4, 0.5) is 4.39 Å². The Morgan fingerprint density at radius 1 is 1.03 bits per heavy atom. The first-order valence-electron chi connectivity index (χ1n) is 10.7. The molecule has 3 heterocycles. The van der Waals surface area contributed by atoms with Gasteiger partial charge >= 0.3 is 0 Å². The van der Waals surface area contributed by atoms with E-state index in [0.29, 0.717) is 31.0 Å². The lowest BCUT2D eigenvalue weighted by Gasteiger charge is -2.30. The predicted molar refractivity (Wildman–Crippen MR) is 116 cm³/mol. The van der Waals surface area contributed by atoms with Crippen LogP contribution < -0.4 is 10.2 Å². The molecule has 0 N–H and O–H groups in total. The lowest BCUT2D eigenvalue weighted by molar-refractivity contribution is 0.0652. The van der Waals surface area contributed by atoms with Crippen molar-refractivity contribution in [3.05, 3.63) is 98.8 Å². The SMILES string of the molecule is O=C(c1ccc(COc2coc(CN3Cc4ccc(F)cc4C3)cc2=O)cc1)N1CCC1. The van der Waals surface area contributed by atoms with Crippen LogP contribution in [-0.2, 0) is 26.2 Å². The summed E-state index contributed by atoms with van der Waals surface area (Å²) in [5.74, 6) is 0.480. The molecule has 3 aromatic rings. The number of hydrogen-bond acceptors (Lipinski definition) is 5. The second-order valence-corrected chi connectivity index (χ2v) is 8.26. The number of hydrogen-bond donors (Lipinski definition) is 0. The highest BCUT2D eigenvalue weighted by atomic mass is 19.1. The highest BCUT2D eigenvalue weighted by molar-refractivity contribution is 5.94. The molecule has 2 aliphatic heterocycles. The molecule has 5 rings (SSSR count). The van der Waals surface area contributed by atoms with Crippen LogP contribution in [0.3, 0.4) is 0 Å². The Balaban J connectivity index is 1.17. The molecule has 0 atom stereocenters. The second-order valence-electron chi connectivity index (χ2n) is 8.26. The maximum atomic E-state index is 13.4. The highest BCUT2D eigenvalue weighted by Gasteiger charge is 2.22. The number of carbonyl (C=O) groups is 1. The van der Waals surface area contributed by atoms with Gasteiger partial charge < -0.3 is 14.1 Å². The molecule has 1 fully saturated rings. The maximum absolute atomic E-state index is 13.4. The van der Waals surface area contributed by atoms with Crippen molar-refractivity contribution in [2.75, 3.05) is 13.1 Å². The number of halogens is 1. The molecule has 0 spiro atoms. The Morgan fingerprint density at radius 3 is 2.53 bits per heavy atom. The topological polar surface area (TPSA) is 63.0 Å². The lowest BCUT2D eigenvalue weighted by Crippen LogP contribution is -2.41. The van der Waals surface area contributed by atoms with Gasteiger partial charge in [0.05, 0.1) is 6.54 Å². The molecule has 1 aromatic heterocycles. The van der Waals surface area contributed by atoms with Gasteiger partial charge in [-0.1, -0.05) is 18.2 Å². The monoisotopic (exact) mass is 434 g/mol. The summed E-state index contributed by atoms with van der Waals surface area (Å²) in [7, 11) is 0. The van der Waals surface area contributed by atoms with Crippen LogP contribution in [0.25, 0.3) is 0 Å². The summed E-state index contributed by atoms with van der Waals surface area (Å²) in [6, 6.07) is 13.5. The molecule has 1 amide bonds. The van der Waals surface area contributed by atoms with E-state index in [1.165, 1.54) is 18.4 Å². The molecule has 164 valence electrons. The van der Waals surface area contributed by atoms with Crippen LogP contribution >= 0.6 is 0 Å². The van der Waals surface area contributed by atoms with Crippen LogP contribution in [0.5, 0.6) is 5.75 Å².